The van der Waals surface area contributed by atoms with Crippen molar-refractivity contribution in [3.8, 4) is 0 Å². The van der Waals surface area contributed by atoms with Crippen molar-refractivity contribution in [2.45, 2.75) is 25.3 Å². The van der Waals surface area contributed by atoms with Crippen molar-refractivity contribution in [2.24, 2.45) is 5.92 Å². The third-order valence-electron chi connectivity index (χ3n) is 3.39. The van der Waals surface area contributed by atoms with E-state index < -0.39 is 29.7 Å². The first kappa shape index (κ1) is 13.3. The zero-order valence-electron chi connectivity index (χ0n) is 10.2. The largest absolute Gasteiger partial charge is 0.481 e. The lowest BCUT2D eigenvalue weighted by Gasteiger charge is -2.17. The van der Waals surface area contributed by atoms with Crippen LogP contribution in [-0.4, -0.2) is 23.0 Å². The van der Waals surface area contributed by atoms with Gasteiger partial charge in [-0.25, -0.2) is 4.39 Å². The molecular formula is C13H15FN2O3. The highest BCUT2D eigenvalue weighted by atomic mass is 19.1. The second-order valence-electron chi connectivity index (χ2n) is 4.69. The van der Waals surface area contributed by atoms with E-state index >= 15 is 0 Å². The Labute approximate surface area is 109 Å². The van der Waals surface area contributed by atoms with Crippen LogP contribution in [0, 0.1) is 11.7 Å². The first-order valence-corrected chi connectivity index (χ1v) is 6.07. The molecule has 2 atom stereocenters. The first-order valence-electron chi connectivity index (χ1n) is 6.07. The Hall–Kier alpha value is -2.11. The Bertz CT molecular complexity index is 519. The average molecular weight is 266 g/mol. The van der Waals surface area contributed by atoms with E-state index in [1.54, 1.807) is 0 Å². The summed E-state index contributed by atoms with van der Waals surface area (Å²) in [6.45, 7) is 0. The number of benzene rings is 1. The normalized spacial score (nSPS) is 22.2. The second-order valence-corrected chi connectivity index (χ2v) is 4.69. The number of nitrogens with two attached hydrogens (primary N) is 1. The van der Waals surface area contributed by atoms with Gasteiger partial charge in [0.25, 0.3) is 5.91 Å². The Morgan fingerprint density at radius 3 is 2.74 bits per heavy atom. The van der Waals surface area contributed by atoms with Gasteiger partial charge in [0.05, 0.1) is 11.5 Å². The van der Waals surface area contributed by atoms with E-state index in [4.69, 9.17) is 10.8 Å². The summed E-state index contributed by atoms with van der Waals surface area (Å²) in [5.74, 6) is -2.83. The summed E-state index contributed by atoms with van der Waals surface area (Å²) in [5.41, 5.74) is 5.52. The van der Waals surface area contributed by atoms with E-state index in [9.17, 15) is 14.0 Å². The standard InChI is InChI=1S/C13H15FN2O3/c14-10-6-7(15)4-5-8(10)12(17)16-11-3-1-2-9(11)13(18)19/h4-6,9,11H,1-3,15H2,(H,16,17)(H,18,19). The number of carbonyl (C=O) groups is 2. The number of hydrogen-bond acceptors (Lipinski definition) is 3. The summed E-state index contributed by atoms with van der Waals surface area (Å²) in [7, 11) is 0. The third kappa shape index (κ3) is 2.83. The predicted octanol–water partition coefficient (Wildman–Crippen LogP) is 1.39. The molecule has 4 N–H and O–H groups in total. The van der Waals surface area contributed by atoms with Gasteiger partial charge in [-0.3, -0.25) is 9.59 Å². The number of hydrogen-bond donors (Lipinski definition) is 3. The fourth-order valence-electron chi connectivity index (χ4n) is 2.39. The van der Waals surface area contributed by atoms with Gasteiger partial charge in [-0.05, 0) is 31.0 Å². The molecule has 1 aliphatic carbocycles. The summed E-state index contributed by atoms with van der Waals surface area (Å²) >= 11 is 0. The zero-order chi connectivity index (χ0) is 14.0. The molecule has 6 heteroatoms. The molecule has 1 saturated carbocycles. The first-order chi connectivity index (χ1) is 8.99. The molecule has 1 aromatic carbocycles. The molecule has 0 spiro atoms. The Balaban J connectivity index is 2.10. The summed E-state index contributed by atoms with van der Waals surface area (Å²) in [4.78, 5) is 22.9. The van der Waals surface area contributed by atoms with Gasteiger partial charge in [0.2, 0.25) is 0 Å². The number of nitrogens with one attached hydrogen (secondary N) is 1. The van der Waals surface area contributed by atoms with E-state index in [0.29, 0.717) is 12.8 Å². The monoisotopic (exact) mass is 266 g/mol. The summed E-state index contributed by atoms with van der Waals surface area (Å²) < 4.78 is 13.6. The number of aliphatic carboxylic acids is 1. The second kappa shape index (κ2) is 5.26. The molecule has 5 nitrogen and oxygen atoms in total. The highest BCUT2D eigenvalue weighted by molar-refractivity contribution is 5.95. The molecule has 0 aliphatic heterocycles. The fourth-order valence-corrected chi connectivity index (χ4v) is 2.39. The lowest BCUT2D eigenvalue weighted by Crippen LogP contribution is -2.40. The van der Waals surface area contributed by atoms with E-state index in [1.807, 2.05) is 0 Å². The highest BCUT2D eigenvalue weighted by Gasteiger charge is 2.34. The van der Waals surface area contributed by atoms with Crippen LogP contribution in [0.2, 0.25) is 0 Å². The zero-order valence-corrected chi connectivity index (χ0v) is 10.2. The molecular weight excluding hydrogens is 251 g/mol. The van der Waals surface area contributed by atoms with Gasteiger partial charge in [-0.15, -0.1) is 0 Å². The highest BCUT2D eigenvalue weighted by Crippen LogP contribution is 2.26. The maximum atomic E-state index is 13.6. The Kier molecular flexibility index (Phi) is 3.69. The number of carbonyl (C=O) groups excluding carboxylic acids is 1. The predicted molar refractivity (Wildman–Crippen MR) is 67.0 cm³/mol. The minimum Gasteiger partial charge on any atom is -0.481 e. The summed E-state index contributed by atoms with van der Waals surface area (Å²) in [6, 6.07) is 3.35. The maximum absolute atomic E-state index is 13.6. The van der Waals surface area contributed by atoms with E-state index in [2.05, 4.69) is 5.32 Å². The molecule has 0 radical (unpaired) electrons. The van der Waals surface area contributed by atoms with Crippen LogP contribution in [0.1, 0.15) is 29.6 Å². The van der Waals surface area contributed by atoms with Gasteiger partial charge in [0.1, 0.15) is 5.82 Å². The average Bonchev–Trinajstić information content (AvgIpc) is 2.76. The SMILES string of the molecule is Nc1ccc(C(=O)NC2CCCC2C(=O)O)c(F)c1. The van der Waals surface area contributed by atoms with Crippen LogP contribution in [0.5, 0.6) is 0 Å². The van der Waals surface area contributed by atoms with Crippen LogP contribution in [0.4, 0.5) is 10.1 Å². The van der Waals surface area contributed by atoms with Crippen LogP contribution in [0.15, 0.2) is 18.2 Å². The van der Waals surface area contributed by atoms with Crippen LogP contribution < -0.4 is 11.1 Å². The molecule has 0 aromatic heterocycles. The Morgan fingerprint density at radius 1 is 1.37 bits per heavy atom. The molecule has 19 heavy (non-hydrogen) atoms. The summed E-state index contributed by atoms with van der Waals surface area (Å²) in [5, 5.41) is 11.6. The van der Waals surface area contributed by atoms with Crippen molar-refractivity contribution in [1.29, 1.82) is 0 Å². The van der Waals surface area contributed by atoms with Crippen LogP contribution in [0.3, 0.4) is 0 Å². The molecule has 2 rings (SSSR count). The molecule has 1 aromatic rings. The molecule has 1 amide bonds. The van der Waals surface area contributed by atoms with Gasteiger partial charge in [-0.1, -0.05) is 6.42 Å². The minimum absolute atomic E-state index is 0.120. The van der Waals surface area contributed by atoms with Gasteiger partial charge < -0.3 is 16.2 Å². The number of halogens is 1. The lowest BCUT2D eigenvalue weighted by atomic mass is 10.0. The van der Waals surface area contributed by atoms with E-state index in [0.717, 1.165) is 12.5 Å². The number of rotatable bonds is 3. The van der Waals surface area contributed by atoms with Crippen molar-refractivity contribution in [1.82, 2.24) is 5.32 Å². The molecule has 0 bridgehead atoms. The van der Waals surface area contributed by atoms with Crippen molar-refractivity contribution in [3.63, 3.8) is 0 Å². The molecule has 0 heterocycles. The van der Waals surface area contributed by atoms with E-state index in [1.165, 1.54) is 12.1 Å². The van der Waals surface area contributed by atoms with Crippen LogP contribution in [0.25, 0.3) is 0 Å². The van der Waals surface area contributed by atoms with Gasteiger partial charge in [0.15, 0.2) is 0 Å². The smallest absolute Gasteiger partial charge is 0.308 e. The fraction of sp³-hybridized carbons (Fsp3) is 0.385. The van der Waals surface area contributed by atoms with Gasteiger partial charge >= 0.3 is 5.97 Å². The van der Waals surface area contributed by atoms with Crippen molar-refractivity contribution in [3.05, 3.63) is 29.6 Å². The minimum atomic E-state index is -0.930. The van der Waals surface area contributed by atoms with Crippen LogP contribution in [-0.2, 0) is 4.79 Å². The van der Waals surface area contributed by atoms with E-state index in [-0.39, 0.29) is 11.3 Å². The van der Waals surface area contributed by atoms with Crippen LogP contribution >= 0.6 is 0 Å². The van der Waals surface area contributed by atoms with Gasteiger partial charge in [0, 0.05) is 11.7 Å². The molecule has 0 saturated heterocycles. The van der Waals surface area contributed by atoms with Crippen molar-refractivity contribution < 1.29 is 19.1 Å². The number of anilines is 1. The Morgan fingerprint density at radius 2 is 2.11 bits per heavy atom. The molecule has 2 unspecified atom stereocenters. The molecule has 1 aliphatic rings. The molecule has 102 valence electrons. The quantitative estimate of drug-likeness (QED) is 0.721. The van der Waals surface area contributed by atoms with Gasteiger partial charge in [-0.2, -0.15) is 0 Å². The lowest BCUT2D eigenvalue weighted by molar-refractivity contribution is -0.142. The number of amides is 1. The summed E-state index contributed by atoms with van der Waals surface area (Å²) in [6.07, 6.45) is 1.87. The third-order valence-corrected chi connectivity index (χ3v) is 3.39. The molecule has 1 fully saturated rings. The maximum Gasteiger partial charge on any atom is 0.308 e. The number of carboxylic acid groups (broad SMARTS) is 1. The van der Waals surface area contributed by atoms with Crippen molar-refractivity contribution in [2.75, 3.05) is 5.73 Å². The number of carboxylic acids is 1. The van der Waals surface area contributed by atoms with Crippen molar-refractivity contribution >= 4 is 17.6 Å². The number of nitrogen functional groups attached to an aromatic ring is 1. The topological polar surface area (TPSA) is 92.4 Å².